The van der Waals surface area contributed by atoms with E-state index in [0.29, 0.717) is 16.5 Å². The zero-order valence-electron chi connectivity index (χ0n) is 25.2. The van der Waals surface area contributed by atoms with Crippen molar-refractivity contribution in [2.24, 2.45) is 0 Å². The molecule has 0 fully saturated rings. The van der Waals surface area contributed by atoms with E-state index < -0.39 is 41.7 Å². The van der Waals surface area contributed by atoms with Crippen LogP contribution in [0, 0.1) is 0 Å². The number of carbonyl (C=O) groups excluding carboxylic acids is 4. The van der Waals surface area contributed by atoms with Gasteiger partial charge < -0.3 is 24.8 Å². The van der Waals surface area contributed by atoms with Crippen LogP contribution in [0.1, 0.15) is 37.5 Å². The summed E-state index contributed by atoms with van der Waals surface area (Å²) in [7, 11) is 1.23. The number of benzene rings is 3. The summed E-state index contributed by atoms with van der Waals surface area (Å²) in [5.74, 6) is -1.28. The number of ether oxygens (including phenoxy) is 3. The Morgan fingerprint density at radius 2 is 1.39 bits per heavy atom. The zero-order valence-corrected chi connectivity index (χ0v) is 25.2. The van der Waals surface area contributed by atoms with Crippen LogP contribution in [0.3, 0.4) is 0 Å². The van der Waals surface area contributed by atoms with Crippen molar-refractivity contribution in [2.75, 3.05) is 7.11 Å². The van der Waals surface area contributed by atoms with E-state index in [0.717, 1.165) is 11.1 Å². The first-order valence-corrected chi connectivity index (χ1v) is 14.3. The number of fused-ring (bicyclic) bond motifs is 1. The molecule has 0 spiro atoms. The Hall–Kier alpha value is -5.12. The van der Waals surface area contributed by atoms with Gasteiger partial charge in [0, 0.05) is 24.4 Å². The second-order valence-electron chi connectivity index (χ2n) is 11.3. The Bertz CT molecular complexity index is 1590. The third-order valence-electron chi connectivity index (χ3n) is 6.71. The van der Waals surface area contributed by atoms with Gasteiger partial charge in [0.25, 0.3) is 0 Å². The number of para-hydroxylation sites is 1. The molecule has 10 nitrogen and oxygen atoms in total. The summed E-state index contributed by atoms with van der Waals surface area (Å²) in [5, 5.41) is 6.10. The monoisotopic (exact) mass is 599 g/mol. The summed E-state index contributed by atoms with van der Waals surface area (Å²) in [6, 6.07) is 23.4. The van der Waals surface area contributed by atoms with Gasteiger partial charge in [-0.3, -0.25) is 9.36 Å². The molecule has 1 aromatic heterocycles. The lowest BCUT2D eigenvalue weighted by Gasteiger charge is -2.22. The minimum Gasteiger partial charge on any atom is -0.467 e. The summed E-state index contributed by atoms with van der Waals surface area (Å²) in [5.41, 5.74) is 2.09. The third kappa shape index (κ3) is 8.70. The van der Waals surface area contributed by atoms with Crippen LogP contribution in [-0.2, 0) is 43.2 Å². The summed E-state index contributed by atoms with van der Waals surface area (Å²) in [4.78, 5) is 52.3. The van der Waals surface area contributed by atoms with Crippen LogP contribution in [-0.4, -0.2) is 53.4 Å². The normalized spacial score (nSPS) is 12.5. The van der Waals surface area contributed by atoms with Crippen molar-refractivity contribution < 1.29 is 33.4 Å². The maximum Gasteiger partial charge on any atom is 0.419 e. The molecule has 230 valence electrons. The molecule has 0 bridgehead atoms. The number of rotatable bonds is 10. The molecule has 0 saturated heterocycles. The number of methoxy groups -OCH3 is 1. The van der Waals surface area contributed by atoms with E-state index in [-0.39, 0.29) is 19.4 Å². The second-order valence-corrected chi connectivity index (χ2v) is 11.3. The minimum absolute atomic E-state index is 0.0191. The fraction of sp³-hybridized carbons (Fsp3) is 0.294. The highest BCUT2D eigenvalue weighted by Gasteiger charge is 2.30. The van der Waals surface area contributed by atoms with Crippen LogP contribution in [0.4, 0.5) is 9.59 Å². The molecule has 0 aliphatic rings. The molecule has 2 amide bonds. The van der Waals surface area contributed by atoms with Crippen molar-refractivity contribution in [1.29, 1.82) is 0 Å². The van der Waals surface area contributed by atoms with Crippen molar-refractivity contribution in [1.82, 2.24) is 15.2 Å². The fourth-order valence-electron chi connectivity index (χ4n) is 4.67. The van der Waals surface area contributed by atoms with Crippen molar-refractivity contribution in [3.8, 4) is 0 Å². The zero-order chi connectivity index (χ0) is 31.7. The van der Waals surface area contributed by atoms with E-state index in [1.807, 2.05) is 72.8 Å². The molecule has 0 unspecified atom stereocenters. The summed E-state index contributed by atoms with van der Waals surface area (Å²) in [6.07, 6.45) is 0.422. The van der Waals surface area contributed by atoms with Gasteiger partial charge >= 0.3 is 18.2 Å². The SMILES string of the molecule is COC(=O)[C@@H](Cc1cn(C(=O)OC(C)(C)C)c2ccccc12)NC(=O)[C@@H](Cc1ccccc1)NC(=O)OCc1ccccc1. The molecule has 0 aliphatic carbocycles. The Kier molecular flexibility index (Phi) is 10.4. The van der Waals surface area contributed by atoms with Crippen LogP contribution in [0.2, 0.25) is 0 Å². The maximum absolute atomic E-state index is 13.6. The first-order chi connectivity index (χ1) is 21.0. The molecule has 2 N–H and O–H groups in total. The Morgan fingerprint density at radius 3 is 2.02 bits per heavy atom. The van der Waals surface area contributed by atoms with Crippen molar-refractivity contribution in [2.45, 2.75) is 57.9 Å². The van der Waals surface area contributed by atoms with Gasteiger partial charge in [0.15, 0.2) is 0 Å². The summed E-state index contributed by atoms with van der Waals surface area (Å²) >= 11 is 0. The van der Waals surface area contributed by atoms with E-state index in [1.54, 1.807) is 39.1 Å². The molecule has 0 radical (unpaired) electrons. The van der Waals surface area contributed by atoms with Gasteiger partial charge in [-0.25, -0.2) is 14.4 Å². The number of esters is 1. The van der Waals surface area contributed by atoms with Crippen LogP contribution < -0.4 is 10.6 Å². The van der Waals surface area contributed by atoms with Crippen molar-refractivity contribution >= 4 is 35.0 Å². The highest BCUT2D eigenvalue weighted by molar-refractivity contribution is 5.94. The quantitative estimate of drug-likeness (QED) is 0.191. The van der Waals surface area contributed by atoms with E-state index in [2.05, 4.69) is 10.6 Å². The van der Waals surface area contributed by atoms with Crippen LogP contribution in [0.25, 0.3) is 10.9 Å². The molecule has 0 saturated carbocycles. The van der Waals surface area contributed by atoms with Gasteiger partial charge in [0.05, 0.1) is 12.6 Å². The molecule has 10 heteroatoms. The Morgan fingerprint density at radius 1 is 0.773 bits per heavy atom. The van der Waals surface area contributed by atoms with Gasteiger partial charge in [-0.05, 0) is 43.5 Å². The number of amides is 2. The average molecular weight is 600 g/mol. The number of carbonyl (C=O) groups is 4. The number of hydrogen-bond donors (Lipinski definition) is 2. The second kappa shape index (κ2) is 14.4. The van der Waals surface area contributed by atoms with Crippen LogP contribution in [0.5, 0.6) is 0 Å². The summed E-state index contributed by atoms with van der Waals surface area (Å²) < 4.78 is 17.3. The first kappa shape index (κ1) is 31.8. The molecular formula is C34H37N3O7. The van der Waals surface area contributed by atoms with E-state index in [4.69, 9.17) is 14.2 Å². The number of hydrogen-bond acceptors (Lipinski definition) is 7. The number of nitrogens with one attached hydrogen (secondary N) is 2. The summed E-state index contributed by atoms with van der Waals surface area (Å²) in [6.45, 7) is 5.35. The minimum atomic E-state index is -1.12. The van der Waals surface area contributed by atoms with Gasteiger partial charge in [0.2, 0.25) is 5.91 Å². The highest BCUT2D eigenvalue weighted by atomic mass is 16.6. The van der Waals surface area contributed by atoms with E-state index in [9.17, 15) is 19.2 Å². The molecular weight excluding hydrogens is 562 g/mol. The van der Waals surface area contributed by atoms with Crippen LogP contribution in [0.15, 0.2) is 91.1 Å². The Balaban J connectivity index is 1.55. The number of nitrogens with zero attached hydrogens (tertiary/aromatic N) is 1. The smallest absolute Gasteiger partial charge is 0.419 e. The predicted octanol–water partition coefficient (Wildman–Crippen LogP) is 5.16. The largest absolute Gasteiger partial charge is 0.467 e. The van der Waals surface area contributed by atoms with Gasteiger partial charge in [-0.15, -0.1) is 0 Å². The van der Waals surface area contributed by atoms with Gasteiger partial charge in [0.1, 0.15) is 24.3 Å². The van der Waals surface area contributed by atoms with Crippen molar-refractivity contribution in [3.63, 3.8) is 0 Å². The average Bonchev–Trinajstić information content (AvgIpc) is 3.37. The lowest BCUT2D eigenvalue weighted by molar-refractivity contribution is -0.145. The van der Waals surface area contributed by atoms with Crippen molar-refractivity contribution in [3.05, 3.63) is 108 Å². The van der Waals surface area contributed by atoms with Gasteiger partial charge in [-0.1, -0.05) is 78.9 Å². The van der Waals surface area contributed by atoms with E-state index in [1.165, 1.54) is 11.7 Å². The number of aromatic nitrogens is 1. The molecule has 1 heterocycles. The van der Waals surface area contributed by atoms with E-state index >= 15 is 0 Å². The molecule has 44 heavy (non-hydrogen) atoms. The van der Waals surface area contributed by atoms with Gasteiger partial charge in [-0.2, -0.15) is 0 Å². The maximum atomic E-state index is 13.6. The molecule has 0 aliphatic heterocycles. The standard InChI is InChI=1S/C34H37N3O7/c1-34(2,3)44-33(41)37-21-25(26-17-11-12-18-29(26)37)20-28(31(39)42-4)35-30(38)27(19-23-13-7-5-8-14-23)36-32(40)43-22-24-15-9-6-10-16-24/h5-18,21,27-28H,19-20,22H2,1-4H3,(H,35,38)(H,36,40)/t27-,28-/m1/s1. The molecule has 3 aromatic carbocycles. The predicted molar refractivity (Wildman–Crippen MR) is 165 cm³/mol. The lowest BCUT2D eigenvalue weighted by Crippen LogP contribution is -2.53. The molecule has 4 rings (SSSR count). The van der Waals surface area contributed by atoms with Crippen LogP contribution >= 0.6 is 0 Å². The molecule has 2 atom stereocenters. The first-order valence-electron chi connectivity index (χ1n) is 14.3. The topological polar surface area (TPSA) is 125 Å². The number of alkyl carbamates (subject to hydrolysis) is 1. The highest BCUT2D eigenvalue weighted by Crippen LogP contribution is 2.24. The lowest BCUT2D eigenvalue weighted by atomic mass is 10.0. The Labute approximate surface area is 256 Å². The fourth-order valence-corrected chi connectivity index (χ4v) is 4.67. The molecule has 4 aromatic rings. The third-order valence-corrected chi connectivity index (χ3v) is 6.71.